The number of carbonyl (C=O) groups excluding carboxylic acids is 2. The third-order valence-corrected chi connectivity index (χ3v) is 20.6. The van der Waals surface area contributed by atoms with Gasteiger partial charge in [-0.15, -0.1) is 0 Å². The molecule has 89 heavy (non-hydrogen) atoms. The van der Waals surface area contributed by atoms with Gasteiger partial charge in [0, 0.05) is 79.3 Å². The van der Waals surface area contributed by atoms with Crippen LogP contribution in [0.25, 0.3) is 10.8 Å². The molecule has 0 amide bonds. The zero-order chi connectivity index (χ0) is 62.5. The Hall–Kier alpha value is -7.38. The van der Waals surface area contributed by atoms with Crippen LogP contribution in [-0.4, -0.2) is 97.4 Å². The quantitative estimate of drug-likeness (QED) is 0.0503. The molecular formula is C75H90N4O10. The Kier molecular flexibility index (Phi) is 20.0. The number of hydrogen-bond acceptors (Lipinski definition) is 13. The number of carbonyl (C=O) groups is 2. The van der Waals surface area contributed by atoms with Gasteiger partial charge in [0.15, 0.2) is 29.2 Å². The summed E-state index contributed by atoms with van der Waals surface area (Å²) in [6, 6.07) is 29.3. The molecule has 5 aliphatic rings. The van der Waals surface area contributed by atoms with Gasteiger partial charge >= 0.3 is 0 Å². The predicted octanol–water partition coefficient (Wildman–Crippen LogP) is 11.3. The van der Waals surface area contributed by atoms with Crippen molar-refractivity contribution < 1.29 is 50.1 Å². The molecular weight excluding hydrogens is 1120 g/mol. The summed E-state index contributed by atoms with van der Waals surface area (Å²) in [5.41, 5.74) is 9.63. The number of phenolic OH excluding ortho intramolecular Hbond substituents is 2. The van der Waals surface area contributed by atoms with E-state index in [0.717, 1.165) is 93.6 Å². The third kappa shape index (κ3) is 14.3. The van der Waals surface area contributed by atoms with Gasteiger partial charge in [-0.1, -0.05) is 99.7 Å². The van der Waals surface area contributed by atoms with Crippen LogP contribution in [0.4, 0.5) is 5.69 Å². The second kappa shape index (κ2) is 28.2. The highest BCUT2D eigenvalue weighted by Gasteiger charge is 2.44. The van der Waals surface area contributed by atoms with Crippen LogP contribution in [0, 0.1) is 53.3 Å². The average Bonchev–Trinajstić information content (AvgIpc) is 1.96. The molecule has 0 saturated heterocycles. The molecule has 5 aromatic carbocycles. The minimum Gasteiger partial charge on any atom is -0.508 e. The Labute approximate surface area is 523 Å². The van der Waals surface area contributed by atoms with E-state index in [9.17, 15) is 40.5 Å². The largest absolute Gasteiger partial charge is 0.508 e. The molecule has 0 spiro atoms. The van der Waals surface area contributed by atoms with Gasteiger partial charge in [0.1, 0.15) is 17.3 Å². The number of anilines is 1. The number of Topliss-reactive ketones (excluding diaryl/α,β-unsaturated/α-hetero) is 2. The number of dihydropyridines is 1. The first-order chi connectivity index (χ1) is 43.0. The zero-order valence-electron chi connectivity index (χ0n) is 52.0. The topological polar surface area (TPSA) is 237 Å². The van der Waals surface area contributed by atoms with E-state index < -0.39 is 47.6 Å². The molecule has 14 heteroatoms. The molecule has 6 aromatic rings. The maximum absolute atomic E-state index is 15.4. The van der Waals surface area contributed by atoms with Crippen LogP contribution in [0.1, 0.15) is 153 Å². The van der Waals surface area contributed by atoms with Gasteiger partial charge in [-0.25, -0.2) is 0 Å². The maximum Gasteiger partial charge on any atom is 0.173 e. The number of aryl methyl sites for hydroxylation is 1. The van der Waals surface area contributed by atoms with Crippen LogP contribution in [0.3, 0.4) is 0 Å². The number of nitrogens with one attached hydrogen (secondary N) is 4. The number of methoxy groups -OCH3 is 1. The summed E-state index contributed by atoms with van der Waals surface area (Å²) in [6.07, 6.45) is 10.6. The standard InChI is InChI=1S/C75H90N4O10/c1-5-9-60-54-29-46(27-45-24-25-77-72(30-45)79-56-21-18-47-14-17-53(73(86)65(47)36-56)33-58(81)41-76-39-44(3)55-32-57(78-40-55)37-69(60)84)28-51-19-22-62(63-38-70(85)71(89-4)35-52(63)20-23-68(83)75(88)74(87)64(51)34-54)61-12-7-6-11-59(61)50-16-15-48(43(2)26-50)31-49-10-8-13-67(82)66(49)42-80/h6-8,10-14,17-18,21,24,30,32,35-36,38,40,43-44,46,48,50-51,54,58,60,62,64,69,75-82,84-86,88H,5,9,15-16,20,23,25-29,31,33-34,37,39,41-42H2,1-4H3. The smallest absolute Gasteiger partial charge is 0.173 e. The molecule has 3 heterocycles. The van der Waals surface area contributed by atoms with Crippen molar-refractivity contribution in [2.75, 3.05) is 32.1 Å². The molecule has 2 saturated carbocycles. The van der Waals surface area contributed by atoms with Gasteiger partial charge < -0.3 is 61.4 Å². The number of β-amino-alcohol motifs (C(OH)–C–C–N with tert-alkyl or cyclic N) is 1. The fourth-order valence-electron chi connectivity index (χ4n) is 15.8. The number of phenols is 3. The van der Waals surface area contributed by atoms with Crippen LogP contribution >= 0.6 is 0 Å². The Balaban J connectivity index is 0.997. The predicted molar refractivity (Wildman–Crippen MR) is 348 cm³/mol. The van der Waals surface area contributed by atoms with E-state index in [2.05, 4.69) is 90.0 Å². The van der Waals surface area contributed by atoms with Crippen LogP contribution < -0.4 is 20.7 Å². The molecule has 13 unspecified atom stereocenters. The van der Waals surface area contributed by atoms with Gasteiger partial charge in [-0.05, 0) is 198 Å². The van der Waals surface area contributed by atoms with Gasteiger partial charge in [-0.3, -0.25) is 9.59 Å². The summed E-state index contributed by atoms with van der Waals surface area (Å²) < 4.78 is 5.68. The minimum absolute atomic E-state index is 0.0473. The molecule has 2 aliphatic heterocycles. The van der Waals surface area contributed by atoms with Crippen molar-refractivity contribution in [3.05, 3.63) is 171 Å². The van der Waals surface area contributed by atoms with E-state index in [4.69, 9.17) is 4.74 Å². The molecule has 3 aliphatic carbocycles. The number of ether oxygens (including phenoxy) is 1. The number of aromatic nitrogens is 1. The van der Waals surface area contributed by atoms with Crippen molar-refractivity contribution in [2.45, 2.75) is 153 Å². The number of H-pyrrole nitrogens is 1. The number of hydrogen-bond donors (Lipinski definition) is 11. The molecule has 13 atom stereocenters. The SMILES string of the molecule is CCCC1C(O)Cc2cc(c[nH]2)C(C)CNCC(O)Cc2ccc3ccc(cc3c2O)NC2=CC(=CCN2)CC2CC3C#CC(c4ccccc4C4CCC(Cc5cccc(O)c5CO)C(C)C4)c4cc(O)c(OC)cc4CCC(=O)C(O)C(=O)C3CC1C2. The summed E-state index contributed by atoms with van der Waals surface area (Å²) in [6.45, 7) is 7.80. The van der Waals surface area contributed by atoms with E-state index in [1.54, 1.807) is 18.2 Å². The lowest BCUT2D eigenvalue weighted by Crippen LogP contribution is -2.40. The molecule has 9 bridgehead atoms. The highest BCUT2D eigenvalue weighted by Crippen LogP contribution is 2.48. The molecule has 470 valence electrons. The van der Waals surface area contributed by atoms with Crippen LogP contribution in [0.2, 0.25) is 0 Å². The van der Waals surface area contributed by atoms with Gasteiger partial charge in [0.25, 0.3) is 0 Å². The normalized spacial score (nSPS) is 28.1. The fraction of sp³-hybridized carbons (Fsp3) is 0.467. The number of benzene rings is 5. The second-order valence-electron chi connectivity index (χ2n) is 26.6. The first kappa shape index (κ1) is 63.2. The van der Waals surface area contributed by atoms with Gasteiger partial charge in [0.05, 0.1) is 31.8 Å². The Bertz CT molecular complexity index is 3650. The Morgan fingerprint density at radius 1 is 0.775 bits per heavy atom. The zero-order valence-corrected chi connectivity index (χ0v) is 52.0. The first-order valence-electron chi connectivity index (χ1n) is 32.6. The molecule has 11 rings (SSSR count). The molecule has 1 aromatic heterocycles. The number of aliphatic hydroxyl groups is 4. The number of fused-ring (bicyclic) bond motifs is 9. The van der Waals surface area contributed by atoms with Crippen molar-refractivity contribution >= 4 is 28.0 Å². The average molecular weight is 1210 g/mol. The van der Waals surface area contributed by atoms with E-state index in [0.29, 0.717) is 86.5 Å². The third-order valence-electron chi connectivity index (χ3n) is 20.6. The number of aromatic amines is 1. The van der Waals surface area contributed by atoms with Crippen LogP contribution in [0.5, 0.6) is 23.0 Å². The van der Waals surface area contributed by atoms with E-state index in [1.165, 1.54) is 7.11 Å². The molecule has 0 radical (unpaired) electrons. The lowest BCUT2D eigenvalue weighted by atomic mass is 9.68. The fourth-order valence-corrected chi connectivity index (χ4v) is 15.8. The summed E-state index contributed by atoms with van der Waals surface area (Å²) in [5.74, 6) is 6.08. The van der Waals surface area contributed by atoms with Crippen molar-refractivity contribution in [1.29, 1.82) is 0 Å². The molecule has 11 N–H and O–H groups in total. The maximum atomic E-state index is 15.4. The number of aromatic hydroxyl groups is 3. The first-order valence-corrected chi connectivity index (χ1v) is 32.6. The van der Waals surface area contributed by atoms with Gasteiger partial charge in [-0.2, -0.15) is 0 Å². The van der Waals surface area contributed by atoms with Crippen molar-refractivity contribution in [3.8, 4) is 34.8 Å². The number of ketones is 2. The van der Waals surface area contributed by atoms with Crippen LogP contribution in [-0.2, 0) is 41.9 Å². The summed E-state index contributed by atoms with van der Waals surface area (Å²) in [4.78, 5) is 33.4. The lowest BCUT2D eigenvalue weighted by Gasteiger charge is -2.36. The molecule has 14 nitrogen and oxygen atoms in total. The van der Waals surface area contributed by atoms with Crippen molar-refractivity contribution in [1.82, 2.24) is 15.6 Å². The summed E-state index contributed by atoms with van der Waals surface area (Å²) in [7, 11) is 1.49. The van der Waals surface area contributed by atoms with Crippen molar-refractivity contribution in [2.24, 2.45) is 41.4 Å². The van der Waals surface area contributed by atoms with E-state index >= 15 is 4.79 Å². The van der Waals surface area contributed by atoms with Gasteiger partial charge in [0.2, 0.25) is 0 Å². The minimum atomic E-state index is -1.88. The highest BCUT2D eigenvalue weighted by molar-refractivity contribution is 6.06. The lowest BCUT2D eigenvalue weighted by molar-refractivity contribution is -0.142. The van der Waals surface area contributed by atoms with E-state index in [1.807, 2.05) is 54.7 Å². The van der Waals surface area contributed by atoms with Crippen molar-refractivity contribution in [3.63, 3.8) is 0 Å². The number of allylic oxidation sites excluding steroid dienone is 2. The number of rotatable bonds is 8. The Morgan fingerprint density at radius 3 is 2.39 bits per heavy atom. The van der Waals surface area contributed by atoms with Crippen LogP contribution in [0.15, 0.2) is 121 Å². The Morgan fingerprint density at radius 2 is 1.60 bits per heavy atom. The second-order valence-corrected chi connectivity index (χ2v) is 26.6. The monoisotopic (exact) mass is 1210 g/mol. The summed E-state index contributed by atoms with van der Waals surface area (Å²) in [5, 5.41) is 92.2. The molecule has 2 fully saturated rings. The summed E-state index contributed by atoms with van der Waals surface area (Å²) >= 11 is 0. The highest BCUT2D eigenvalue weighted by atomic mass is 16.5. The number of aliphatic hydroxyl groups excluding tert-OH is 4. The van der Waals surface area contributed by atoms with E-state index in [-0.39, 0.29) is 78.5 Å².